The summed E-state index contributed by atoms with van der Waals surface area (Å²) in [4.78, 5) is 3.25. The van der Waals surface area contributed by atoms with Gasteiger partial charge in [0.05, 0.1) is 0 Å². The van der Waals surface area contributed by atoms with Crippen molar-refractivity contribution in [1.82, 2.24) is 4.98 Å². The Morgan fingerprint density at radius 2 is 2.18 bits per heavy atom. The number of alkyl halides is 3. The van der Waals surface area contributed by atoms with Crippen LogP contribution in [0.15, 0.2) is 18.3 Å². The van der Waals surface area contributed by atoms with E-state index in [-0.39, 0.29) is 0 Å². The maximum Gasteiger partial charge on any atom is 0.433 e. The second-order valence-electron chi connectivity index (χ2n) is 3.49. The summed E-state index contributed by atoms with van der Waals surface area (Å²) in [5.74, 6) is 0.532. The Morgan fingerprint density at radius 1 is 1.47 bits per heavy atom. The Bertz CT molecular complexity index is 395. The molecule has 0 saturated carbocycles. The van der Waals surface area contributed by atoms with Gasteiger partial charge >= 0.3 is 6.18 Å². The quantitative estimate of drug-likeness (QED) is 0.831. The van der Waals surface area contributed by atoms with E-state index in [1.54, 1.807) is 6.26 Å². The van der Waals surface area contributed by atoms with Crippen molar-refractivity contribution in [1.29, 1.82) is 0 Å². The second-order valence-corrected chi connectivity index (χ2v) is 5.04. The van der Waals surface area contributed by atoms with Gasteiger partial charge in [-0.25, -0.2) is 0 Å². The van der Waals surface area contributed by atoms with E-state index in [4.69, 9.17) is 0 Å². The van der Waals surface area contributed by atoms with Gasteiger partial charge in [-0.05, 0) is 18.6 Å². The highest BCUT2D eigenvalue weighted by Gasteiger charge is 2.32. The van der Waals surface area contributed by atoms with Gasteiger partial charge in [0.25, 0.3) is 0 Å². The van der Waals surface area contributed by atoms with Gasteiger partial charge in [0.15, 0.2) is 0 Å². The molecule has 0 aromatic carbocycles. The van der Waals surface area contributed by atoms with Crippen LogP contribution in [0.3, 0.4) is 0 Å². The number of rotatable bonds is 5. The SMILES string of the molecule is CS(=O)CCCNc1ccnc(C(F)(F)F)c1. The zero-order valence-electron chi connectivity index (χ0n) is 9.25. The van der Waals surface area contributed by atoms with Crippen molar-refractivity contribution in [2.45, 2.75) is 12.6 Å². The first-order chi connectivity index (χ1) is 7.89. The predicted molar refractivity (Wildman–Crippen MR) is 61.3 cm³/mol. The highest BCUT2D eigenvalue weighted by molar-refractivity contribution is 7.84. The monoisotopic (exact) mass is 266 g/mol. The smallest absolute Gasteiger partial charge is 0.385 e. The molecule has 1 unspecified atom stereocenters. The fraction of sp³-hybridized carbons (Fsp3) is 0.500. The van der Waals surface area contributed by atoms with E-state index in [1.165, 1.54) is 6.07 Å². The van der Waals surface area contributed by atoms with E-state index >= 15 is 0 Å². The molecule has 1 atom stereocenters. The van der Waals surface area contributed by atoms with Crippen molar-refractivity contribution in [2.75, 3.05) is 23.9 Å². The van der Waals surface area contributed by atoms with Crippen molar-refractivity contribution in [3.8, 4) is 0 Å². The van der Waals surface area contributed by atoms with Crippen molar-refractivity contribution in [3.05, 3.63) is 24.0 Å². The summed E-state index contributed by atoms with van der Waals surface area (Å²) < 4.78 is 47.8. The molecule has 0 aliphatic rings. The number of anilines is 1. The number of pyridine rings is 1. The van der Waals surface area contributed by atoms with Crippen molar-refractivity contribution < 1.29 is 17.4 Å². The molecule has 0 amide bonds. The topological polar surface area (TPSA) is 42.0 Å². The Kier molecular flexibility index (Phi) is 4.92. The summed E-state index contributed by atoms with van der Waals surface area (Å²) in [7, 11) is -0.874. The van der Waals surface area contributed by atoms with Crippen LogP contribution in [-0.4, -0.2) is 27.7 Å². The first-order valence-corrected chi connectivity index (χ1v) is 6.69. The van der Waals surface area contributed by atoms with Gasteiger partial charge in [0.2, 0.25) is 0 Å². The summed E-state index contributed by atoms with van der Waals surface area (Å²) in [6.07, 6.45) is -1.08. The van der Waals surface area contributed by atoms with E-state index in [1.807, 2.05) is 0 Å². The molecule has 1 rings (SSSR count). The van der Waals surface area contributed by atoms with E-state index in [2.05, 4.69) is 10.3 Å². The molecule has 0 aliphatic heterocycles. The summed E-state index contributed by atoms with van der Waals surface area (Å²) in [5.41, 5.74) is -0.546. The lowest BCUT2D eigenvalue weighted by Crippen LogP contribution is -2.10. The first kappa shape index (κ1) is 14.0. The number of nitrogens with one attached hydrogen (secondary N) is 1. The summed E-state index contributed by atoms with van der Waals surface area (Å²) in [6, 6.07) is 2.43. The lowest BCUT2D eigenvalue weighted by Gasteiger charge is -2.09. The molecule has 0 saturated heterocycles. The highest BCUT2D eigenvalue weighted by Crippen LogP contribution is 2.28. The zero-order valence-corrected chi connectivity index (χ0v) is 10.1. The lowest BCUT2D eigenvalue weighted by atomic mass is 10.3. The van der Waals surface area contributed by atoms with Gasteiger partial charge in [0, 0.05) is 41.2 Å². The average Bonchev–Trinajstić information content (AvgIpc) is 2.23. The standard InChI is InChI=1S/C10H13F3N2OS/c1-17(16)6-2-4-14-8-3-5-15-9(7-8)10(11,12)13/h3,5,7H,2,4,6H2,1H3,(H,14,15). The average molecular weight is 266 g/mol. The highest BCUT2D eigenvalue weighted by atomic mass is 32.2. The van der Waals surface area contributed by atoms with Crippen molar-refractivity contribution in [3.63, 3.8) is 0 Å². The van der Waals surface area contributed by atoms with Crippen LogP contribution in [0.5, 0.6) is 0 Å². The van der Waals surface area contributed by atoms with E-state index < -0.39 is 22.7 Å². The van der Waals surface area contributed by atoms with Gasteiger partial charge in [-0.15, -0.1) is 0 Å². The van der Waals surface area contributed by atoms with Crippen LogP contribution < -0.4 is 5.32 Å². The molecule has 0 fully saturated rings. The van der Waals surface area contributed by atoms with Gasteiger partial charge < -0.3 is 5.32 Å². The molecule has 0 spiro atoms. The van der Waals surface area contributed by atoms with Crippen LogP contribution in [0, 0.1) is 0 Å². The maximum atomic E-state index is 12.3. The lowest BCUT2D eigenvalue weighted by molar-refractivity contribution is -0.141. The molecule has 1 aromatic rings. The van der Waals surface area contributed by atoms with Crippen LogP contribution in [-0.2, 0) is 17.0 Å². The third-order valence-corrected chi connectivity index (χ3v) is 2.85. The minimum absolute atomic E-state index is 0.370. The number of hydrogen-bond donors (Lipinski definition) is 1. The number of nitrogens with zero attached hydrogens (tertiary/aromatic N) is 1. The van der Waals surface area contributed by atoms with Gasteiger partial charge in [-0.3, -0.25) is 9.19 Å². The Morgan fingerprint density at radius 3 is 2.76 bits per heavy atom. The van der Waals surface area contributed by atoms with Crippen LogP contribution in [0.25, 0.3) is 0 Å². The number of hydrogen-bond acceptors (Lipinski definition) is 3. The van der Waals surface area contributed by atoms with E-state index in [0.29, 0.717) is 24.4 Å². The van der Waals surface area contributed by atoms with Crippen LogP contribution in [0.1, 0.15) is 12.1 Å². The third-order valence-electron chi connectivity index (χ3n) is 1.99. The van der Waals surface area contributed by atoms with Gasteiger partial charge in [-0.1, -0.05) is 0 Å². The Hall–Kier alpha value is -1.11. The molecule has 17 heavy (non-hydrogen) atoms. The molecular formula is C10H13F3N2OS. The molecule has 3 nitrogen and oxygen atoms in total. The minimum Gasteiger partial charge on any atom is -0.385 e. The molecule has 0 aliphatic carbocycles. The van der Waals surface area contributed by atoms with Crippen LogP contribution in [0.2, 0.25) is 0 Å². The maximum absolute atomic E-state index is 12.3. The number of aromatic nitrogens is 1. The van der Waals surface area contributed by atoms with Gasteiger partial charge in [0.1, 0.15) is 5.69 Å². The predicted octanol–water partition coefficient (Wildman–Crippen LogP) is 2.28. The Balaban J connectivity index is 2.52. The fourth-order valence-corrected chi connectivity index (χ4v) is 1.75. The normalized spacial score (nSPS) is 13.4. The van der Waals surface area contributed by atoms with Crippen molar-refractivity contribution in [2.24, 2.45) is 0 Å². The number of halogens is 3. The molecule has 1 aromatic heterocycles. The first-order valence-electron chi connectivity index (χ1n) is 4.97. The van der Waals surface area contributed by atoms with Crippen LogP contribution >= 0.6 is 0 Å². The molecule has 0 radical (unpaired) electrons. The summed E-state index contributed by atoms with van der Waals surface area (Å²) in [5, 5.41) is 2.84. The molecule has 1 N–H and O–H groups in total. The fourth-order valence-electron chi connectivity index (χ4n) is 1.20. The summed E-state index contributed by atoms with van der Waals surface area (Å²) >= 11 is 0. The van der Waals surface area contributed by atoms with Crippen molar-refractivity contribution >= 4 is 16.5 Å². The zero-order chi connectivity index (χ0) is 12.9. The molecule has 1 heterocycles. The van der Waals surface area contributed by atoms with E-state index in [9.17, 15) is 17.4 Å². The van der Waals surface area contributed by atoms with Gasteiger partial charge in [-0.2, -0.15) is 13.2 Å². The Labute approximate surface area is 99.9 Å². The second kappa shape index (κ2) is 6.00. The molecule has 7 heteroatoms. The van der Waals surface area contributed by atoms with Crippen LogP contribution in [0.4, 0.5) is 18.9 Å². The largest absolute Gasteiger partial charge is 0.433 e. The third kappa shape index (κ3) is 5.16. The molecule has 96 valence electrons. The van der Waals surface area contributed by atoms with E-state index in [0.717, 1.165) is 12.3 Å². The molecule has 0 bridgehead atoms. The minimum atomic E-state index is -4.43. The summed E-state index contributed by atoms with van der Waals surface area (Å²) in [6.45, 7) is 0.487. The molecular weight excluding hydrogens is 253 g/mol.